The van der Waals surface area contributed by atoms with Crippen LogP contribution in [0.15, 0.2) is 35.7 Å². The van der Waals surface area contributed by atoms with Gasteiger partial charge in [-0.3, -0.25) is 4.90 Å². The van der Waals surface area contributed by atoms with Gasteiger partial charge in [0.2, 0.25) is 0 Å². The maximum absolute atomic E-state index is 14.3. The monoisotopic (exact) mass is 290 g/mol. The van der Waals surface area contributed by atoms with Gasteiger partial charge in [-0.15, -0.1) is 11.3 Å². The molecule has 0 bridgehead atoms. The molecule has 1 aromatic heterocycles. The molecule has 1 aliphatic heterocycles. The van der Waals surface area contributed by atoms with Crippen molar-refractivity contribution in [3.8, 4) is 0 Å². The van der Waals surface area contributed by atoms with Crippen LogP contribution in [-0.2, 0) is 0 Å². The minimum Gasteiger partial charge on any atom is -0.314 e. The zero-order chi connectivity index (χ0) is 13.9. The number of benzene rings is 1. The Morgan fingerprint density at radius 3 is 2.75 bits per heavy atom. The Kier molecular flexibility index (Phi) is 4.15. The summed E-state index contributed by atoms with van der Waals surface area (Å²) in [6, 6.07) is 9.61. The third-order valence-electron chi connectivity index (χ3n) is 3.78. The van der Waals surface area contributed by atoms with Crippen molar-refractivity contribution < 1.29 is 4.39 Å². The van der Waals surface area contributed by atoms with Gasteiger partial charge in [-0.2, -0.15) is 0 Å². The molecule has 1 fully saturated rings. The number of hydrogen-bond acceptors (Lipinski definition) is 3. The maximum Gasteiger partial charge on any atom is 0.128 e. The van der Waals surface area contributed by atoms with Crippen molar-refractivity contribution in [1.29, 1.82) is 0 Å². The number of nitrogens with zero attached hydrogens (tertiary/aromatic N) is 1. The second-order valence-electron chi connectivity index (χ2n) is 5.23. The van der Waals surface area contributed by atoms with Gasteiger partial charge >= 0.3 is 0 Å². The molecule has 2 aromatic rings. The van der Waals surface area contributed by atoms with E-state index in [-0.39, 0.29) is 11.9 Å². The highest BCUT2D eigenvalue weighted by Gasteiger charge is 2.26. The fourth-order valence-electron chi connectivity index (χ4n) is 2.79. The molecule has 0 aliphatic carbocycles. The van der Waals surface area contributed by atoms with E-state index in [0.717, 1.165) is 37.3 Å². The fraction of sp³-hybridized carbons (Fsp3) is 0.375. The Hall–Kier alpha value is -1.23. The predicted octanol–water partition coefficient (Wildman–Crippen LogP) is 3.19. The summed E-state index contributed by atoms with van der Waals surface area (Å²) in [6.07, 6.45) is 0. The van der Waals surface area contributed by atoms with Crippen LogP contribution in [0.2, 0.25) is 0 Å². The summed E-state index contributed by atoms with van der Waals surface area (Å²) in [5.74, 6) is -0.104. The zero-order valence-corrected chi connectivity index (χ0v) is 12.4. The molecule has 106 valence electrons. The van der Waals surface area contributed by atoms with Crippen LogP contribution in [0, 0.1) is 12.7 Å². The van der Waals surface area contributed by atoms with Gasteiger partial charge in [0, 0.05) is 36.6 Å². The predicted molar refractivity (Wildman–Crippen MR) is 81.7 cm³/mol. The van der Waals surface area contributed by atoms with Crippen LogP contribution < -0.4 is 5.32 Å². The Bertz CT molecular complexity index is 562. The highest BCUT2D eigenvalue weighted by molar-refractivity contribution is 7.10. The highest BCUT2D eigenvalue weighted by atomic mass is 32.1. The van der Waals surface area contributed by atoms with E-state index in [9.17, 15) is 4.39 Å². The van der Waals surface area contributed by atoms with Crippen LogP contribution in [0.5, 0.6) is 0 Å². The quantitative estimate of drug-likeness (QED) is 0.934. The van der Waals surface area contributed by atoms with Crippen LogP contribution in [-0.4, -0.2) is 31.1 Å². The lowest BCUT2D eigenvalue weighted by atomic mass is 10.00. The van der Waals surface area contributed by atoms with E-state index in [0.29, 0.717) is 0 Å². The third-order valence-corrected chi connectivity index (χ3v) is 4.70. The molecular weight excluding hydrogens is 271 g/mol. The number of rotatable bonds is 3. The number of halogens is 1. The van der Waals surface area contributed by atoms with Crippen molar-refractivity contribution in [3.05, 3.63) is 57.5 Å². The Morgan fingerprint density at radius 1 is 1.25 bits per heavy atom. The standard InChI is InChI=1S/C16H19FN2S/c1-12-4-5-14(17)13(11-12)16(15-3-2-10-20-15)19-8-6-18-7-9-19/h2-5,10-11,16,18H,6-9H2,1H3/t16-/m1/s1. The Morgan fingerprint density at radius 2 is 2.05 bits per heavy atom. The molecule has 0 radical (unpaired) electrons. The van der Waals surface area contributed by atoms with Crippen LogP contribution in [0.4, 0.5) is 4.39 Å². The topological polar surface area (TPSA) is 15.3 Å². The van der Waals surface area contributed by atoms with Gasteiger partial charge in [0.25, 0.3) is 0 Å². The smallest absolute Gasteiger partial charge is 0.128 e. The molecule has 0 unspecified atom stereocenters. The molecule has 1 aromatic carbocycles. The molecule has 3 rings (SSSR count). The van der Waals surface area contributed by atoms with Crippen molar-refractivity contribution in [2.24, 2.45) is 0 Å². The van der Waals surface area contributed by atoms with Crippen molar-refractivity contribution in [2.45, 2.75) is 13.0 Å². The summed E-state index contributed by atoms with van der Waals surface area (Å²) in [4.78, 5) is 3.59. The highest BCUT2D eigenvalue weighted by Crippen LogP contribution is 2.33. The van der Waals surface area contributed by atoms with Gasteiger partial charge in [0.05, 0.1) is 6.04 Å². The SMILES string of the molecule is Cc1ccc(F)c([C@H](c2cccs2)N2CCNCC2)c1. The van der Waals surface area contributed by atoms with Crippen LogP contribution >= 0.6 is 11.3 Å². The summed E-state index contributed by atoms with van der Waals surface area (Å²) in [5, 5.41) is 5.43. The second-order valence-corrected chi connectivity index (χ2v) is 6.21. The van der Waals surface area contributed by atoms with E-state index in [1.54, 1.807) is 17.4 Å². The largest absolute Gasteiger partial charge is 0.314 e. The molecule has 0 saturated carbocycles. The van der Waals surface area contributed by atoms with Gasteiger partial charge in [-0.05, 0) is 24.4 Å². The number of nitrogens with one attached hydrogen (secondary N) is 1. The molecule has 2 heterocycles. The minimum absolute atomic E-state index is 0.0389. The summed E-state index contributed by atoms with van der Waals surface area (Å²) in [7, 11) is 0. The first-order chi connectivity index (χ1) is 9.75. The van der Waals surface area contributed by atoms with Crippen molar-refractivity contribution in [2.75, 3.05) is 26.2 Å². The number of piperazine rings is 1. The average molecular weight is 290 g/mol. The lowest BCUT2D eigenvalue weighted by Gasteiger charge is -2.35. The van der Waals surface area contributed by atoms with E-state index in [1.807, 2.05) is 25.1 Å². The van der Waals surface area contributed by atoms with Crippen molar-refractivity contribution >= 4 is 11.3 Å². The maximum atomic E-state index is 14.3. The molecular formula is C16H19FN2S. The normalized spacial score (nSPS) is 18.1. The van der Waals surface area contributed by atoms with E-state index >= 15 is 0 Å². The van der Waals surface area contributed by atoms with E-state index in [4.69, 9.17) is 0 Å². The molecule has 0 spiro atoms. The minimum atomic E-state index is -0.104. The fourth-order valence-corrected chi connectivity index (χ4v) is 3.67. The summed E-state index contributed by atoms with van der Waals surface area (Å²) in [5.41, 5.74) is 1.91. The van der Waals surface area contributed by atoms with Crippen molar-refractivity contribution in [1.82, 2.24) is 10.2 Å². The van der Waals surface area contributed by atoms with Gasteiger partial charge in [-0.25, -0.2) is 4.39 Å². The second kappa shape index (κ2) is 6.04. The van der Waals surface area contributed by atoms with Crippen LogP contribution in [0.1, 0.15) is 22.0 Å². The molecule has 2 nitrogen and oxygen atoms in total. The van der Waals surface area contributed by atoms with Gasteiger partial charge in [0.1, 0.15) is 5.82 Å². The van der Waals surface area contributed by atoms with E-state index in [2.05, 4.69) is 21.7 Å². The molecule has 4 heteroatoms. The molecule has 1 atom stereocenters. The number of thiophene rings is 1. The first-order valence-corrected chi connectivity index (χ1v) is 7.88. The van der Waals surface area contributed by atoms with Crippen LogP contribution in [0.25, 0.3) is 0 Å². The van der Waals surface area contributed by atoms with Gasteiger partial charge < -0.3 is 5.32 Å². The lowest BCUT2D eigenvalue weighted by molar-refractivity contribution is 0.197. The molecule has 0 amide bonds. The van der Waals surface area contributed by atoms with Gasteiger partial charge in [-0.1, -0.05) is 23.8 Å². The Balaban J connectivity index is 2.02. The molecule has 20 heavy (non-hydrogen) atoms. The molecule has 1 saturated heterocycles. The zero-order valence-electron chi connectivity index (χ0n) is 11.6. The molecule has 1 aliphatic rings. The summed E-state index contributed by atoms with van der Waals surface area (Å²) < 4.78 is 14.3. The summed E-state index contributed by atoms with van der Waals surface area (Å²) >= 11 is 1.71. The first kappa shape index (κ1) is 13.7. The number of aryl methyl sites for hydroxylation is 1. The lowest BCUT2D eigenvalue weighted by Crippen LogP contribution is -2.45. The van der Waals surface area contributed by atoms with E-state index in [1.165, 1.54) is 4.88 Å². The van der Waals surface area contributed by atoms with Crippen molar-refractivity contribution in [3.63, 3.8) is 0 Å². The van der Waals surface area contributed by atoms with Crippen LogP contribution in [0.3, 0.4) is 0 Å². The number of hydrogen-bond donors (Lipinski definition) is 1. The third kappa shape index (κ3) is 2.77. The van der Waals surface area contributed by atoms with Gasteiger partial charge in [0.15, 0.2) is 0 Å². The Labute approximate surface area is 123 Å². The first-order valence-electron chi connectivity index (χ1n) is 7.00. The van der Waals surface area contributed by atoms with E-state index < -0.39 is 0 Å². The summed E-state index contributed by atoms with van der Waals surface area (Å²) in [6.45, 7) is 5.86. The average Bonchev–Trinajstić information content (AvgIpc) is 2.98. The molecule has 1 N–H and O–H groups in total.